The minimum Gasteiger partial charge on any atom is -0.491 e. The number of nitrogens with two attached hydrogens (primary N) is 1. The number of rotatable bonds is 4. The van der Waals surface area contributed by atoms with E-state index >= 15 is 0 Å². The monoisotopic (exact) mass is 328 g/mol. The van der Waals surface area contributed by atoms with Crippen LogP contribution in [0.5, 0.6) is 5.75 Å². The molecule has 0 amide bonds. The number of hydrogen-bond acceptors (Lipinski definition) is 4. The summed E-state index contributed by atoms with van der Waals surface area (Å²) in [5.41, 5.74) is 6.17. The second-order valence-electron chi connectivity index (χ2n) is 4.43. The minimum absolute atomic E-state index is 0.0639. The molecule has 0 aliphatic carbocycles. The molecule has 1 aliphatic rings. The molecule has 1 saturated heterocycles. The fourth-order valence-electron chi connectivity index (χ4n) is 1.98. The van der Waals surface area contributed by atoms with E-state index < -0.39 is 0 Å². The van der Waals surface area contributed by atoms with E-state index in [1.54, 1.807) is 18.2 Å². The Hall–Kier alpha value is -1.27. The second kappa shape index (κ2) is 6.77. The Balaban J connectivity index is 1.96. The third kappa shape index (κ3) is 3.84. The van der Waals surface area contributed by atoms with Crippen LogP contribution in [0, 0.1) is 0 Å². The van der Waals surface area contributed by atoms with Crippen LogP contribution in [0.15, 0.2) is 27.8 Å². The van der Waals surface area contributed by atoms with Gasteiger partial charge in [-0.15, -0.1) is 0 Å². The highest BCUT2D eigenvalue weighted by molar-refractivity contribution is 9.10. The van der Waals surface area contributed by atoms with Crippen molar-refractivity contribution in [1.82, 2.24) is 0 Å². The lowest BCUT2D eigenvalue weighted by molar-refractivity contribution is -0.0110. The topological polar surface area (TPSA) is 77.1 Å². The predicted molar refractivity (Wildman–Crippen MR) is 75.7 cm³/mol. The van der Waals surface area contributed by atoms with E-state index in [1.807, 2.05) is 0 Å². The Kier molecular flexibility index (Phi) is 5.04. The van der Waals surface area contributed by atoms with Gasteiger partial charge >= 0.3 is 0 Å². The van der Waals surface area contributed by atoms with Crippen molar-refractivity contribution in [3.05, 3.63) is 28.2 Å². The van der Waals surface area contributed by atoms with Crippen LogP contribution in [0.4, 0.5) is 0 Å². The summed E-state index contributed by atoms with van der Waals surface area (Å²) in [6.45, 7) is 1.37. The van der Waals surface area contributed by atoms with Crippen molar-refractivity contribution >= 4 is 21.8 Å². The molecule has 3 N–H and O–H groups in total. The summed E-state index contributed by atoms with van der Waals surface area (Å²) < 4.78 is 12.0. The van der Waals surface area contributed by atoms with Gasteiger partial charge in [-0.2, -0.15) is 0 Å². The first-order chi connectivity index (χ1) is 9.20. The Labute approximate surface area is 120 Å². The zero-order chi connectivity index (χ0) is 13.7. The van der Waals surface area contributed by atoms with Crippen LogP contribution in [-0.4, -0.2) is 30.4 Å². The Morgan fingerprint density at radius 2 is 2.37 bits per heavy atom. The van der Waals surface area contributed by atoms with Crippen molar-refractivity contribution < 1.29 is 14.7 Å². The van der Waals surface area contributed by atoms with Gasteiger partial charge < -0.3 is 20.4 Å². The van der Waals surface area contributed by atoms with Crippen molar-refractivity contribution in [2.75, 3.05) is 13.2 Å². The molecule has 2 rings (SSSR count). The van der Waals surface area contributed by atoms with Crippen molar-refractivity contribution in [2.24, 2.45) is 10.9 Å². The van der Waals surface area contributed by atoms with Crippen LogP contribution in [-0.2, 0) is 4.74 Å². The lowest BCUT2D eigenvalue weighted by Crippen LogP contribution is -2.25. The van der Waals surface area contributed by atoms with Gasteiger partial charge in [-0.3, -0.25) is 0 Å². The van der Waals surface area contributed by atoms with Crippen LogP contribution >= 0.6 is 15.9 Å². The summed E-state index contributed by atoms with van der Waals surface area (Å²) in [5, 5.41) is 11.6. The molecule has 1 heterocycles. The quantitative estimate of drug-likeness (QED) is 0.385. The van der Waals surface area contributed by atoms with Crippen molar-refractivity contribution in [3.8, 4) is 5.75 Å². The maximum atomic E-state index is 8.65. The highest BCUT2D eigenvalue weighted by atomic mass is 79.9. The van der Waals surface area contributed by atoms with Gasteiger partial charge in [0, 0.05) is 16.6 Å². The number of ether oxygens (including phenoxy) is 2. The molecular formula is C13H17BrN2O3. The fourth-order valence-corrected chi connectivity index (χ4v) is 2.54. The van der Waals surface area contributed by atoms with E-state index in [0.717, 1.165) is 29.7 Å². The molecule has 1 aromatic rings. The number of benzene rings is 1. The zero-order valence-corrected chi connectivity index (χ0v) is 12.1. The highest BCUT2D eigenvalue weighted by Crippen LogP contribution is 2.24. The number of amidine groups is 1. The molecule has 104 valence electrons. The lowest BCUT2D eigenvalue weighted by atomic mass is 10.1. The molecule has 6 heteroatoms. The Morgan fingerprint density at radius 1 is 1.53 bits per heavy atom. The first-order valence-corrected chi connectivity index (χ1v) is 7.02. The van der Waals surface area contributed by atoms with Crippen LogP contribution < -0.4 is 10.5 Å². The Bertz CT molecular complexity index is 459. The van der Waals surface area contributed by atoms with E-state index in [9.17, 15) is 0 Å². The fraction of sp³-hybridized carbons (Fsp3) is 0.462. The summed E-state index contributed by atoms with van der Waals surface area (Å²) in [6.07, 6.45) is 3.55. The lowest BCUT2D eigenvalue weighted by Gasteiger charge is -2.22. The third-order valence-electron chi connectivity index (χ3n) is 3.03. The van der Waals surface area contributed by atoms with E-state index in [1.165, 1.54) is 6.42 Å². The minimum atomic E-state index is 0.0639. The second-order valence-corrected chi connectivity index (χ2v) is 5.28. The molecule has 1 unspecified atom stereocenters. The molecule has 0 saturated carbocycles. The number of hydrogen-bond donors (Lipinski definition) is 2. The van der Waals surface area contributed by atoms with Crippen LogP contribution in [0.25, 0.3) is 0 Å². The summed E-state index contributed by atoms with van der Waals surface area (Å²) in [6, 6.07) is 5.34. The molecule has 1 aromatic carbocycles. The normalized spacial score (nSPS) is 20.3. The first kappa shape index (κ1) is 14.1. The maximum Gasteiger partial charge on any atom is 0.171 e. The average Bonchev–Trinajstić information content (AvgIpc) is 2.45. The van der Waals surface area contributed by atoms with Crippen molar-refractivity contribution in [3.63, 3.8) is 0 Å². The summed E-state index contributed by atoms with van der Waals surface area (Å²) in [4.78, 5) is 0. The standard InChI is InChI=1S/C13H17BrN2O3/c14-12-7-9(4-5-11(12)13(15)16-17)19-8-10-3-1-2-6-18-10/h4-5,7,10,17H,1-3,6,8H2,(H2,15,16). The molecule has 0 bridgehead atoms. The van der Waals surface area contributed by atoms with Gasteiger partial charge in [-0.25, -0.2) is 0 Å². The first-order valence-electron chi connectivity index (χ1n) is 6.22. The molecule has 5 nitrogen and oxygen atoms in total. The van der Waals surface area contributed by atoms with Gasteiger partial charge in [-0.1, -0.05) is 5.16 Å². The van der Waals surface area contributed by atoms with Gasteiger partial charge in [0.2, 0.25) is 0 Å². The smallest absolute Gasteiger partial charge is 0.171 e. The van der Waals surface area contributed by atoms with Gasteiger partial charge in [0.15, 0.2) is 5.84 Å². The summed E-state index contributed by atoms with van der Waals surface area (Å²) in [7, 11) is 0. The molecule has 1 aliphatic heterocycles. The van der Waals surface area contributed by atoms with Gasteiger partial charge in [0.05, 0.1) is 6.10 Å². The number of oxime groups is 1. The predicted octanol–water partition coefficient (Wildman–Crippen LogP) is 2.49. The molecule has 0 aromatic heterocycles. The third-order valence-corrected chi connectivity index (χ3v) is 3.69. The highest BCUT2D eigenvalue weighted by Gasteiger charge is 2.14. The van der Waals surface area contributed by atoms with E-state index in [2.05, 4.69) is 21.1 Å². The molecule has 19 heavy (non-hydrogen) atoms. The van der Waals surface area contributed by atoms with E-state index in [4.69, 9.17) is 20.4 Å². The summed E-state index contributed by atoms with van der Waals surface area (Å²) in [5.74, 6) is 0.796. The van der Waals surface area contributed by atoms with Crippen LogP contribution in [0.3, 0.4) is 0 Å². The van der Waals surface area contributed by atoms with Crippen molar-refractivity contribution in [1.29, 1.82) is 0 Å². The van der Waals surface area contributed by atoms with E-state index in [0.29, 0.717) is 12.2 Å². The van der Waals surface area contributed by atoms with Crippen LogP contribution in [0.2, 0.25) is 0 Å². The molecule has 1 atom stereocenters. The zero-order valence-electron chi connectivity index (χ0n) is 10.5. The number of nitrogens with zero attached hydrogens (tertiary/aromatic N) is 1. The maximum absolute atomic E-state index is 8.65. The Morgan fingerprint density at radius 3 is 3.00 bits per heavy atom. The molecule has 0 radical (unpaired) electrons. The van der Waals surface area contributed by atoms with Gasteiger partial charge in [0.1, 0.15) is 12.4 Å². The van der Waals surface area contributed by atoms with Gasteiger partial charge in [-0.05, 0) is 53.4 Å². The van der Waals surface area contributed by atoms with Crippen LogP contribution in [0.1, 0.15) is 24.8 Å². The SMILES string of the molecule is N/C(=N/O)c1ccc(OCC2CCCCO2)cc1Br. The number of halogens is 1. The van der Waals surface area contributed by atoms with E-state index in [-0.39, 0.29) is 11.9 Å². The molecular weight excluding hydrogens is 312 g/mol. The summed E-state index contributed by atoms with van der Waals surface area (Å²) >= 11 is 3.37. The average molecular weight is 329 g/mol. The van der Waals surface area contributed by atoms with Gasteiger partial charge in [0.25, 0.3) is 0 Å². The molecule has 0 spiro atoms. The largest absolute Gasteiger partial charge is 0.491 e. The van der Waals surface area contributed by atoms with Crippen molar-refractivity contribution in [2.45, 2.75) is 25.4 Å². The molecule has 1 fully saturated rings.